The molecule has 0 unspecified atom stereocenters. The van der Waals surface area contributed by atoms with Gasteiger partial charge in [-0.2, -0.15) is 0 Å². The fraction of sp³-hybridized carbons (Fsp3) is 0.0833. The SMILES string of the molecule is OC1(O)C=CC2=c3ccccc3=NC2=C1. The number of aliphatic hydroxyl groups is 2. The van der Waals surface area contributed by atoms with Crippen molar-refractivity contribution in [2.75, 3.05) is 0 Å². The van der Waals surface area contributed by atoms with E-state index in [0.717, 1.165) is 16.1 Å². The Morgan fingerprint density at radius 3 is 2.80 bits per heavy atom. The van der Waals surface area contributed by atoms with Gasteiger partial charge < -0.3 is 10.2 Å². The maximum absolute atomic E-state index is 9.42. The van der Waals surface area contributed by atoms with E-state index in [-0.39, 0.29) is 0 Å². The van der Waals surface area contributed by atoms with Crippen LogP contribution in [-0.2, 0) is 0 Å². The van der Waals surface area contributed by atoms with Crippen LogP contribution in [0.1, 0.15) is 0 Å². The molecule has 0 fully saturated rings. The molecule has 1 aromatic rings. The van der Waals surface area contributed by atoms with E-state index < -0.39 is 5.79 Å². The molecule has 0 aromatic heterocycles. The molecular weight excluding hydrogens is 190 g/mol. The first kappa shape index (κ1) is 8.59. The zero-order chi connectivity index (χ0) is 10.5. The number of fused-ring (bicyclic) bond motifs is 2. The fourth-order valence-electron chi connectivity index (χ4n) is 1.87. The highest BCUT2D eigenvalue weighted by Gasteiger charge is 2.24. The molecule has 0 saturated heterocycles. The minimum Gasteiger partial charge on any atom is -0.359 e. The van der Waals surface area contributed by atoms with Gasteiger partial charge in [-0.05, 0) is 12.1 Å². The second kappa shape index (κ2) is 2.66. The van der Waals surface area contributed by atoms with Crippen LogP contribution in [0.15, 0.2) is 53.2 Å². The van der Waals surface area contributed by atoms with Gasteiger partial charge in [-0.25, -0.2) is 4.99 Å². The lowest BCUT2D eigenvalue weighted by Gasteiger charge is -2.17. The summed E-state index contributed by atoms with van der Waals surface area (Å²) in [5.41, 5.74) is 1.58. The third kappa shape index (κ3) is 1.25. The standard InChI is InChI=1S/C12H9NO2/c14-12(15)6-5-9-8-3-1-2-4-10(8)13-11(9)7-12/h1-7,14-15H. The summed E-state index contributed by atoms with van der Waals surface area (Å²) in [5, 5.41) is 20.8. The maximum Gasteiger partial charge on any atom is 0.205 e. The lowest BCUT2D eigenvalue weighted by Crippen LogP contribution is -2.25. The van der Waals surface area contributed by atoms with Crippen molar-refractivity contribution in [3.8, 4) is 0 Å². The Morgan fingerprint density at radius 2 is 1.93 bits per heavy atom. The molecular formula is C12H9NO2. The molecule has 0 radical (unpaired) electrons. The monoisotopic (exact) mass is 199 g/mol. The normalized spacial score (nSPS) is 20.4. The van der Waals surface area contributed by atoms with Crippen LogP contribution in [0.3, 0.4) is 0 Å². The predicted octanol–water partition coefficient (Wildman–Crippen LogP) is -0.395. The van der Waals surface area contributed by atoms with Gasteiger partial charge in [0.15, 0.2) is 0 Å². The minimum absolute atomic E-state index is 0.628. The summed E-state index contributed by atoms with van der Waals surface area (Å²) < 4.78 is 0. The summed E-state index contributed by atoms with van der Waals surface area (Å²) in [6, 6.07) is 7.74. The number of rotatable bonds is 0. The number of nitrogens with zero attached hydrogens (tertiary/aromatic N) is 1. The number of allylic oxidation sites excluding steroid dienone is 1. The molecule has 0 spiro atoms. The lowest BCUT2D eigenvalue weighted by atomic mass is 10.0. The van der Waals surface area contributed by atoms with Crippen LogP contribution >= 0.6 is 0 Å². The first-order valence-corrected chi connectivity index (χ1v) is 4.71. The Labute approximate surface area is 86.0 Å². The van der Waals surface area contributed by atoms with Crippen molar-refractivity contribution in [3.63, 3.8) is 0 Å². The Hall–Kier alpha value is -1.71. The third-order valence-electron chi connectivity index (χ3n) is 2.56. The molecule has 1 aliphatic carbocycles. The summed E-state index contributed by atoms with van der Waals surface area (Å²) >= 11 is 0. The molecule has 0 amide bonds. The molecule has 1 heterocycles. The van der Waals surface area contributed by atoms with Crippen LogP contribution in [0.25, 0.3) is 5.57 Å². The van der Waals surface area contributed by atoms with Crippen LogP contribution in [0, 0.1) is 0 Å². The van der Waals surface area contributed by atoms with Gasteiger partial charge in [0.2, 0.25) is 5.79 Å². The van der Waals surface area contributed by atoms with Crippen molar-refractivity contribution in [2.45, 2.75) is 5.79 Å². The third-order valence-corrected chi connectivity index (χ3v) is 2.56. The van der Waals surface area contributed by atoms with E-state index in [1.165, 1.54) is 12.2 Å². The Balaban J connectivity index is 2.36. The summed E-state index contributed by atoms with van der Waals surface area (Å²) in [4.78, 5) is 4.32. The first-order valence-electron chi connectivity index (χ1n) is 4.71. The van der Waals surface area contributed by atoms with Gasteiger partial charge in [0.25, 0.3) is 0 Å². The van der Waals surface area contributed by atoms with E-state index in [9.17, 15) is 10.2 Å². The fourth-order valence-corrected chi connectivity index (χ4v) is 1.87. The van der Waals surface area contributed by atoms with Crippen molar-refractivity contribution in [2.24, 2.45) is 4.99 Å². The van der Waals surface area contributed by atoms with Crippen LogP contribution in [-0.4, -0.2) is 16.0 Å². The van der Waals surface area contributed by atoms with Crippen molar-refractivity contribution in [3.05, 3.63) is 58.8 Å². The molecule has 3 nitrogen and oxygen atoms in total. The predicted molar refractivity (Wildman–Crippen MR) is 55.0 cm³/mol. The van der Waals surface area contributed by atoms with E-state index >= 15 is 0 Å². The van der Waals surface area contributed by atoms with Crippen molar-refractivity contribution >= 4 is 5.57 Å². The number of para-hydroxylation sites is 1. The molecule has 2 aliphatic rings. The van der Waals surface area contributed by atoms with Gasteiger partial charge in [-0.1, -0.05) is 24.3 Å². The quantitative estimate of drug-likeness (QED) is 0.559. The van der Waals surface area contributed by atoms with E-state index in [4.69, 9.17) is 0 Å². The molecule has 0 atom stereocenters. The van der Waals surface area contributed by atoms with E-state index in [1.807, 2.05) is 24.3 Å². The Morgan fingerprint density at radius 1 is 1.13 bits per heavy atom. The molecule has 0 saturated carbocycles. The smallest absolute Gasteiger partial charge is 0.205 e. The molecule has 74 valence electrons. The van der Waals surface area contributed by atoms with Crippen molar-refractivity contribution in [1.82, 2.24) is 0 Å². The molecule has 3 rings (SSSR count). The highest BCUT2D eigenvalue weighted by atomic mass is 16.5. The number of hydrogen-bond acceptors (Lipinski definition) is 3. The topological polar surface area (TPSA) is 52.8 Å². The zero-order valence-corrected chi connectivity index (χ0v) is 7.88. The molecule has 3 heteroatoms. The van der Waals surface area contributed by atoms with Crippen molar-refractivity contribution < 1.29 is 10.2 Å². The van der Waals surface area contributed by atoms with Gasteiger partial charge in [0.1, 0.15) is 0 Å². The number of benzene rings is 1. The lowest BCUT2D eigenvalue weighted by molar-refractivity contribution is -0.0749. The van der Waals surface area contributed by atoms with Gasteiger partial charge in [0.05, 0.1) is 11.1 Å². The molecule has 1 aliphatic heterocycles. The van der Waals surface area contributed by atoms with E-state index in [1.54, 1.807) is 6.08 Å². The van der Waals surface area contributed by atoms with Gasteiger partial charge in [-0.3, -0.25) is 0 Å². The van der Waals surface area contributed by atoms with Crippen LogP contribution in [0.2, 0.25) is 0 Å². The zero-order valence-electron chi connectivity index (χ0n) is 7.88. The molecule has 2 N–H and O–H groups in total. The Bertz CT molecular complexity index is 609. The summed E-state index contributed by atoms with van der Waals surface area (Å²) in [5.74, 6) is -1.87. The summed E-state index contributed by atoms with van der Waals surface area (Å²) in [6.45, 7) is 0. The summed E-state index contributed by atoms with van der Waals surface area (Å²) in [6.07, 6.45) is 4.40. The van der Waals surface area contributed by atoms with E-state index in [2.05, 4.69) is 4.99 Å². The first-order chi connectivity index (χ1) is 7.16. The van der Waals surface area contributed by atoms with Gasteiger partial charge in [0, 0.05) is 16.9 Å². The molecule has 1 aromatic carbocycles. The Kier molecular flexibility index (Phi) is 1.52. The minimum atomic E-state index is -1.87. The highest BCUT2D eigenvalue weighted by molar-refractivity contribution is 5.76. The van der Waals surface area contributed by atoms with Crippen molar-refractivity contribution in [1.29, 1.82) is 0 Å². The molecule has 0 bridgehead atoms. The van der Waals surface area contributed by atoms with Crippen LogP contribution in [0.4, 0.5) is 0 Å². The van der Waals surface area contributed by atoms with E-state index in [0.29, 0.717) is 5.70 Å². The largest absolute Gasteiger partial charge is 0.359 e. The number of hydrogen-bond donors (Lipinski definition) is 2. The average molecular weight is 199 g/mol. The van der Waals surface area contributed by atoms with Crippen LogP contribution < -0.4 is 10.6 Å². The van der Waals surface area contributed by atoms with Gasteiger partial charge in [-0.15, -0.1) is 0 Å². The maximum atomic E-state index is 9.42. The molecule has 15 heavy (non-hydrogen) atoms. The average Bonchev–Trinajstić information content (AvgIpc) is 2.52. The second-order valence-corrected chi connectivity index (χ2v) is 3.69. The second-order valence-electron chi connectivity index (χ2n) is 3.69. The highest BCUT2D eigenvalue weighted by Crippen LogP contribution is 2.24. The summed E-state index contributed by atoms with van der Waals surface area (Å²) in [7, 11) is 0. The van der Waals surface area contributed by atoms with Crippen LogP contribution in [0.5, 0.6) is 0 Å². The van der Waals surface area contributed by atoms with Gasteiger partial charge >= 0.3 is 0 Å².